The Balaban J connectivity index is 2.13. The third kappa shape index (κ3) is 2.50. The molecule has 2 atom stereocenters. The molecule has 1 fully saturated rings. The molecule has 2 heterocycles. The van der Waals surface area contributed by atoms with Gasteiger partial charge >= 0.3 is 0 Å². The molecule has 5 nitrogen and oxygen atoms in total. The zero-order valence-corrected chi connectivity index (χ0v) is 10.5. The van der Waals surface area contributed by atoms with E-state index in [0.29, 0.717) is 0 Å². The number of anilines is 2. The summed E-state index contributed by atoms with van der Waals surface area (Å²) in [4.78, 5) is 6.45. The highest BCUT2D eigenvalue weighted by Crippen LogP contribution is 2.24. The lowest BCUT2D eigenvalue weighted by molar-refractivity contribution is -0.00461. The summed E-state index contributed by atoms with van der Waals surface area (Å²) in [5.41, 5.74) is 2.11. The minimum Gasteiger partial charge on any atom is -0.387 e. The number of pyridine rings is 1. The molecule has 1 aliphatic heterocycles. The Morgan fingerprint density at radius 2 is 1.88 bits per heavy atom. The average Bonchev–Trinajstić information content (AvgIpc) is 2.82. The van der Waals surface area contributed by atoms with E-state index >= 15 is 0 Å². The van der Waals surface area contributed by atoms with E-state index in [1.807, 2.05) is 13.2 Å². The first kappa shape index (κ1) is 12.1. The van der Waals surface area contributed by atoms with Crippen molar-refractivity contribution in [3.05, 3.63) is 18.5 Å². The Morgan fingerprint density at radius 3 is 2.41 bits per heavy atom. The Labute approximate surface area is 102 Å². The monoisotopic (exact) mass is 237 g/mol. The first-order valence-electron chi connectivity index (χ1n) is 5.71. The molecule has 1 saturated heterocycles. The van der Waals surface area contributed by atoms with Crippen LogP contribution in [0.5, 0.6) is 0 Å². The van der Waals surface area contributed by atoms with Crippen molar-refractivity contribution in [2.75, 3.05) is 44.6 Å². The molecule has 2 unspecified atom stereocenters. The molecule has 0 bridgehead atoms. The molecular weight excluding hydrogens is 218 g/mol. The topological polar surface area (TPSA) is 46.6 Å². The van der Waals surface area contributed by atoms with Gasteiger partial charge in [0.2, 0.25) is 0 Å². The molecule has 0 radical (unpaired) electrons. The number of rotatable bonds is 4. The van der Waals surface area contributed by atoms with Crippen LogP contribution in [0.2, 0.25) is 0 Å². The molecular formula is C12H19N3O2. The van der Waals surface area contributed by atoms with Crippen LogP contribution in [-0.4, -0.2) is 51.5 Å². The fraction of sp³-hybridized carbons (Fsp3) is 0.583. The van der Waals surface area contributed by atoms with Crippen molar-refractivity contribution < 1.29 is 9.47 Å². The van der Waals surface area contributed by atoms with Gasteiger partial charge in [0, 0.05) is 34.4 Å². The van der Waals surface area contributed by atoms with Gasteiger partial charge in [-0.1, -0.05) is 0 Å². The summed E-state index contributed by atoms with van der Waals surface area (Å²) < 4.78 is 10.8. The highest BCUT2D eigenvalue weighted by atomic mass is 16.5. The molecule has 17 heavy (non-hydrogen) atoms. The fourth-order valence-electron chi connectivity index (χ4n) is 2.14. The van der Waals surface area contributed by atoms with Crippen LogP contribution in [-0.2, 0) is 9.47 Å². The van der Waals surface area contributed by atoms with Crippen molar-refractivity contribution in [3.63, 3.8) is 0 Å². The van der Waals surface area contributed by atoms with Gasteiger partial charge in [-0.3, -0.25) is 4.98 Å². The summed E-state index contributed by atoms with van der Waals surface area (Å²) in [5.74, 6) is 0. The first-order valence-corrected chi connectivity index (χ1v) is 5.71. The zero-order chi connectivity index (χ0) is 12.3. The maximum absolute atomic E-state index is 5.42. The largest absolute Gasteiger partial charge is 0.387 e. The third-order valence-electron chi connectivity index (χ3n) is 3.20. The Kier molecular flexibility index (Phi) is 3.81. The SMILES string of the molecule is CNc1cncc(N2CC(OC)C(OC)C2)c1. The van der Waals surface area contributed by atoms with E-state index in [4.69, 9.17) is 9.47 Å². The molecule has 1 aliphatic rings. The molecule has 5 heteroatoms. The summed E-state index contributed by atoms with van der Waals surface area (Å²) >= 11 is 0. The maximum Gasteiger partial charge on any atom is 0.102 e. The number of nitrogens with zero attached hydrogens (tertiary/aromatic N) is 2. The Bertz CT molecular complexity index is 361. The van der Waals surface area contributed by atoms with Gasteiger partial charge in [-0.25, -0.2) is 0 Å². The second kappa shape index (κ2) is 5.33. The number of ether oxygens (including phenoxy) is 2. The van der Waals surface area contributed by atoms with Crippen LogP contribution in [0.1, 0.15) is 0 Å². The van der Waals surface area contributed by atoms with E-state index in [1.165, 1.54) is 0 Å². The van der Waals surface area contributed by atoms with E-state index in [1.54, 1.807) is 20.4 Å². The van der Waals surface area contributed by atoms with E-state index < -0.39 is 0 Å². The number of aromatic nitrogens is 1. The molecule has 0 aliphatic carbocycles. The van der Waals surface area contributed by atoms with E-state index in [-0.39, 0.29) is 12.2 Å². The lowest BCUT2D eigenvalue weighted by Crippen LogP contribution is -2.27. The molecule has 1 aromatic rings. The lowest BCUT2D eigenvalue weighted by Gasteiger charge is -2.18. The second-order valence-corrected chi connectivity index (χ2v) is 4.14. The van der Waals surface area contributed by atoms with Gasteiger partial charge < -0.3 is 19.7 Å². The van der Waals surface area contributed by atoms with Gasteiger partial charge in [-0.2, -0.15) is 0 Å². The number of hydrogen-bond acceptors (Lipinski definition) is 5. The van der Waals surface area contributed by atoms with Crippen molar-refractivity contribution in [2.45, 2.75) is 12.2 Å². The molecule has 0 saturated carbocycles. The maximum atomic E-state index is 5.42. The normalized spacial score (nSPS) is 24.1. The van der Waals surface area contributed by atoms with Crippen LogP contribution < -0.4 is 10.2 Å². The standard InChI is InChI=1S/C12H19N3O2/c1-13-9-4-10(6-14-5-9)15-7-11(16-2)12(8-15)17-3/h4-6,11-13H,7-8H2,1-3H3. The summed E-state index contributed by atoms with van der Waals surface area (Å²) in [5, 5.41) is 3.09. The smallest absolute Gasteiger partial charge is 0.102 e. The van der Waals surface area contributed by atoms with Gasteiger partial charge in [0.15, 0.2) is 0 Å². The van der Waals surface area contributed by atoms with Crippen LogP contribution in [0, 0.1) is 0 Å². The van der Waals surface area contributed by atoms with Gasteiger partial charge in [0.05, 0.1) is 23.8 Å². The number of methoxy groups -OCH3 is 2. The van der Waals surface area contributed by atoms with Crippen LogP contribution in [0.25, 0.3) is 0 Å². The summed E-state index contributed by atoms with van der Waals surface area (Å²) in [6.45, 7) is 1.67. The zero-order valence-electron chi connectivity index (χ0n) is 10.5. The molecule has 1 N–H and O–H groups in total. The second-order valence-electron chi connectivity index (χ2n) is 4.14. The summed E-state index contributed by atoms with van der Waals surface area (Å²) in [7, 11) is 5.34. The van der Waals surface area contributed by atoms with Crippen LogP contribution in [0.4, 0.5) is 11.4 Å². The Hall–Kier alpha value is -1.33. The van der Waals surface area contributed by atoms with Crippen LogP contribution >= 0.6 is 0 Å². The Morgan fingerprint density at radius 1 is 1.24 bits per heavy atom. The highest BCUT2D eigenvalue weighted by Gasteiger charge is 2.33. The highest BCUT2D eigenvalue weighted by molar-refractivity contribution is 5.56. The van der Waals surface area contributed by atoms with Crippen molar-refractivity contribution in [1.82, 2.24) is 4.98 Å². The average molecular weight is 237 g/mol. The van der Waals surface area contributed by atoms with Gasteiger partial charge in [0.1, 0.15) is 12.2 Å². The molecule has 94 valence electrons. The third-order valence-corrected chi connectivity index (χ3v) is 3.20. The quantitative estimate of drug-likeness (QED) is 0.845. The van der Waals surface area contributed by atoms with Crippen molar-refractivity contribution in [2.24, 2.45) is 0 Å². The first-order chi connectivity index (χ1) is 8.28. The molecule has 0 spiro atoms. The van der Waals surface area contributed by atoms with Crippen LogP contribution in [0.3, 0.4) is 0 Å². The fourth-order valence-corrected chi connectivity index (χ4v) is 2.14. The molecule has 2 rings (SSSR count). The van der Waals surface area contributed by atoms with E-state index in [9.17, 15) is 0 Å². The summed E-state index contributed by atoms with van der Waals surface area (Å²) in [6.07, 6.45) is 3.92. The van der Waals surface area contributed by atoms with E-state index in [2.05, 4.69) is 21.3 Å². The predicted octanol–water partition coefficient (Wildman–Crippen LogP) is 0.973. The van der Waals surface area contributed by atoms with Crippen molar-refractivity contribution >= 4 is 11.4 Å². The molecule has 1 aromatic heterocycles. The van der Waals surface area contributed by atoms with Crippen molar-refractivity contribution in [3.8, 4) is 0 Å². The lowest BCUT2D eigenvalue weighted by atomic mass is 10.3. The van der Waals surface area contributed by atoms with Gasteiger partial charge in [-0.05, 0) is 6.07 Å². The van der Waals surface area contributed by atoms with Crippen LogP contribution in [0.15, 0.2) is 18.5 Å². The van der Waals surface area contributed by atoms with Gasteiger partial charge in [0.25, 0.3) is 0 Å². The number of nitrogens with one attached hydrogen (secondary N) is 1. The summed E-state index contributed by atoms with van der Waals surface area (Å²) in [6, 6.07) is 2.08. The molecule has 0 aromatic carbocycles. The minimum absolute atomic E-state index is 0.123. The minimum atomic E-state index is 0.123. The predicted molar refractivity (Wildman–Crippen MR) is 67.6 cm³/mol. The van der Waals surface area contributed by atoms with E-state index in [0.717, 1.165) is 24.5 Å². The number of hydrogen-bond donors (Lipinski definition) is 1. The molecule has 0 amide bonds. The van der Waals surface area contributed by atoms with Crippen molar-refractivity contribution in [1.29, 1.82) is 0 Å². The van der Waals surface area contributed by atoms with Gasteiger partial charge in [-0.15, -0.1) is 0 Å².